The van der Waals surface area contributed by atoms with Gasteiger partial charge in [-0.05, 0) is 55.0 Å². The molecule has 1 heterocycles. The zero-order chi connectivity index (χ0) is 9.54. The van der Waals surface area contributed by atoms with E-state index in [9.17, 15) is 0 Å². The van der Waals surface area contributed by atoms with E-state index in [0.29, 0.717) is 0 Å². The van der Waals surface area contributed by atoms with Crippen LogP contribution in [-0.4, -0.2) is 6.04 Å². The highest BCUT2D eigenvalue weighted by Gasteiger charge is 2.29. The lowest BCUT2D eigenvalue weighted by Crippen LogP contribution is -2.15. The van der Waals surface area contributed by atoms with Crippen molar-refractivity contribution in [2.75, 3.05) is 0 Å². The first kappa shape index (κ1) is 8.93. The van der Waals surface area contributed by atoms with Crippen molar-refractivity contribution in [2.24, 2.45) is 0 Å². The van der Waals surface area contributed by atoms with Gasteiger partial charge in [-0.2, -0.15) is 0 Å². The van der Waals surface area contributed by atoms with Gasteiger partial charge >= 0.3 is 0 Å². The normalized spacial score (nSPS) is 21.5. The summed E-state index contributed by atoms with van der Waals surface area (Å²) in [6, 6.07) is 0.835. The molecule has 14 heavy (non-hydrogen) atoms. The molecule has 0 aliphatic heterocycles. The Bertz CT molecular complexity index is 334. The number of rotatable bonds is 4. The lowest BCUT2D eigenvalue weighted by Gasteiger charge is -2.05. The molecule has 2 fully saturated rings. The summed E-state index contributed by atoms with van der Waals surface area (Å²) >= 11 is 1.93. The average molecular weight is 207 g/mol. The van der Waals surface area contributed by atoms with Crippen LogP contribution in [0.5, 0.6) is 0 Å². The molecule has 0 aromatic carbocycles. The molecule has 2 aliphatic carbocycles. The van der Waals surface area contributed by atoms with E-state index in [1.165, 1.54) is 25.7 Å². The maximum atomic E-state index is 3.62. The predicted molar refractivity (Wildman–Crippen MR) is 60.9 cm³/mol. The Hall–Kier alpha value is -0.340. The molecule has 1 N–H and O–H groups in total. The topological polar surface area (TPSA) is 12.0 Å². The molecule has 0 amide bonds. The molecule has 2 saturated carbocycles. The molecule has 0 saturated heterocycles. The van der Waals surface area contributed by atoms with Gasteiger partial charge in [0.25, 0.3) is 0 Å². The molecular formula is C12H17NS. The van der Waals surface area contributed by atoms with Gasteiger partial charge in [0.15, 0.2) is 0 Å². The fourth-order valence-corrected chi connectivity index (χ4v) is 3.07. The minimum absolute atomic E-state index is 0.835. The first-order valence-corrected chi connectivity index (χ1v) is 6.53. The van der Waals surface area contributed by atoms with E-state index in [0.717, 1.165) is 18.5 Å². The van der Waals surface area contributed by atoms with Gasteiger partial charge in [-0.25, -0.2) is 0 Å². The molecule has 0 unspecified atom stereocenters. The van der Waals surface area contributed by atoms with Crippen LogP contribution in [0.4, 0.5) is 0 Å². The molecule has 1 aromatic rings. The Morgan fingerprint density at radius 3 is 2.79 bits per heavy atom. The van der Waals surface area contributed by atoms with E-state index in [2.05, 4.69) is 17.6 Å². The molecule has 3 rings (SSSR count). The van der Waals surface area contributed by atoms with Gasteiger partial charge in [-0.1, -0.05) is 0 Å². The predicted octanol–water partition coefficient (Wildman–Crippen LogP) is 3.19. The summed E-state index contributed by atoms with van der Waals surface area (Å²) in [7, 11) is 0. The van der Waals surface area contributed by atoms with E-state index in [-0.39, 0.29) is 0 Å². The van der Waals surface area contributed by atoms with Crippen LogP contribution in [0.25, 0.3) is 0 Å². The van der Waals surface area contributed by atoms with Crippen molar-refractivity contribution >= 4 is 11.3 Å². The van der Waals surface area contributed by atoms with Crippen LogP contribution in [0, 0.1) is 6.92 Å². The van der Waals surface area contributed by atoms with Crippen molar-refractivity contribution in [3.63, 3.8) is 0 Å². The third kappa shape index (κ3) is 1.73. The van der Waals surface area contributed by atoms with Crippen LogP contribution in [0.2, 0.25) is 0 Å². The highest BCUT2D eigenvalue weighted by atomic mass is 32.1. The summed E-state index contributed by atoms with van der Waals surface area (Å²) in [4.78, 5) is 1.56. The monoisotopic (exact) mass is 207 g/mol. The van der Waals surface area contributed by atoms with Crippen molar-refractivity contribution in [1.29, 1.82) is 0 Å². The fraction of sp³-hybridized carbons (Fsp3) is 0.667. The quantitative estimate of drug-likeness (QED) is 0.799. The fourth-order valence-electron chi connectivity index (χ4n) is 2.11. The Balaban J connectivity index is 1.74. The van der Waals surface area contributed by atoms with Gasteiger partial charge in [0.05, 0.1) is 0 Å². The number of nitrogens with one attached hydrogen (secondary N) is 1. The second-order valence-corrected chi connectivity index (χ2v) is 5.74. The van der Waals surface area contributed by atoms with Gasteiger partial charge in [0.2, 0.25) is 0 Å². The van der Waals surface area contributed by atoms with Gasteiger partial charge in [-0.15, -0.1) is 11.3 Å². The number of hydrogen-bond acceptors (Lipinski definition) is 2. The van der Waals surface area contributed by atoms with E-state index in [1.807, 2.05) is 11.3 Å². The van der Waals surface area contributed by atoms with E-state index in [4.69, 9.17) is 0 Å². The van der Waals surface area contributed by atoms with Crippen molar-refractivity contribution in [3.05, 3.63) is 21.4 Å². The Labute approximate surface area is 89.5 Å². The first-order chi connectivity index (χ1) is 6.84. The Morgan fingerprint density at radius 1 is 1.36 bits per heavy atom. The second kappa shape index (κ2) is 3.35. The summed E-state index contributed by atoms with van der Waals surface area (Å²) in [5.74, 6) is 0.914. The molecule has 1 aromatic heterocycles. The van der Waals surface area contributed by atoms with Gasteiger partial charge in [0.1, 0.15) is 0 Å². The lowest BCUT2D eigenvalue weighted by molar-refractivity contribution is 0.684. The van der Waals surface area contributed by atoms with Crippen LogP contribution in [0.3, 0.4) is 0 Å². The maximum Gasteiger partial charge on any atom is 0.0219 e. The van der Waals surface area contributed by atoms with E-state index >= 15 is 0 Å². The van der Waals surface area contributed by atoms with Gasteiger partial charge < -0.3 is 5.32 Å². The van der Waals surface area contributed by atoms with Crippen LogP contribution in [0.1, 0.15) is 47.6 Å². The molecular weight excluding hydrogens is 190 g/mol. The van der Waals surface area contributed by atoms with Crippen molar-refractivity contribution in [2.45, 2.75) is 51.1 Å². The third-order valence-corrected chi connectivity index (χ3v) is 4.22. The van der Waals surface area contributed by atoms with Crippen LogP contribution < -0.4 is 5.32 Å². The lowest BCUT2D eigenvalue weighted by atomic mass is 10.1. The zero-order valence-electron chi connectivity index (χ0n) is 8.68. The third-order valence-electron chi connectivity index (χ3n) is 3.25. The zero-order valence-corrected chi connectivity index (χ0v) is 9.49. The molecule has 0 bridgehead atoms. The van der Waals surface area contributed by atoms with Gasteiger partial charge in [-0.3, -0.25) is 0 Å². The molecule has 2 aliphatic rings. The first-order valence-electron chi connectivity index (χ1n) is 5.65. The van der Waals surface area contributed by atoms with Crippen molar-refractivity contribution in [1.82, 2.24) is 5.32 Å². The van der Waals surface area contributed by atoms with Crippen molar-refractivity contribution in [3.8, 4) is 0 Å². The summed E-state index contributed by atoms with van der Waals surface area (Å²) in [5, 5.41) is 5.98. The molecule has 2 heteroatoms. The minimum atomic E-state index is 0.835. The highest BCUT2D eigenvalue weighted by Crippen LogP contribution is 2.45. The Kier molecular flexibility index (Phi) is 2.14. The second-order valence-electron chi connectivity index (χ2n) is 4.66. The van der Waals surface area contributed by atoms with E-state index in [1.54, 1.807) is 16.0 Å². The SMILES string of the molecule is Cc1scc(CNC2CC2)c1C1CC1. The molecule has 0 spiro atoms. The standard InChI is InChI=1S/C12H17NS/c1-8-12(9-2-3-9)10(7-14-8)6-13-11-4-5-11/h7,9,11,13H,2-6H2,1H3. The van der Waals surface area contributed by atoms with Crippen LogP contribution in [0.15, 0.2) is 5.38 Å². The molecule has 1 nitrogen and oxygen atoms in total. The van der Waals surface area contributed by atoms with Gasteiger partial charge in [0, 0.05) is 17.5 Å². The minimum Gasteiger partial charge on any atom is -0.310 e. The summed E-state index contributed by atoms with van der Waals surface area (Å²) < 4.78 is 0. The summed E-state index contributed by atoms with van der Waals surface area (Å²) in [6.07, 6.45) is 5.63. The maximum absolute atomic E-state index is 3.62. The van der Waals surface area contributed by atoms with Crippen LogP contribution >= 0.6 is 11.3 Å². The summed E-state index contributed by atoms with van der Waals surface area (Å²) in [5.41, 5.74) is 3.27. The smallest absolute Gasteiger partial charge is 0.0219 e. The molecule has 76 valence electrons. The number of hydrogen-bond donors (Lipinski definition) is 1. The highest BCUT2D eigenvalue weighted by molar-refractivity contribution is 7.10. The van der Waals surface area contributed by atoms with Crippen LogP contribution in [-0.2, 0) is 6.54 Å². The number of aryl methyl sites for hydroxylation is 1. The number of thiophene rings is 1. The van der Waals surface area contributed by atoms with E-state index < -0.39 is 0 Å². The summed E-state index contributed by atoms with van der Waals surface area (Å²) in [6.45, 7) is 3.39. The Morgan fingerprint density at radius 2 is 2.14 bits per heavy atom. The van der Waals surface area contributed by atoms with Crippen molar-refractivity contribution < 1.29 is 0 Å². The average Bonchev–Trinajstić information content (AvgIpc) is 3.05. The molecule has 0 atom stereocenters. The largest absolute Gasteiger partial charge is 0.310 e. The molecule has 0 radical (unpaired) electrons.